The highest BCUT2D eigenvalue weighted by atomic mass is 16.5. The average molecular weight is 315 g/mol. The van der Waals surface area contributed by atoms with E-state index in [1.54, 1.807) is 0 Å². The number of hydrogen-bond acceptors (Lipinski definition) is 7. The molecule has 0 radical (unpaired) electrons. The molecule has 0 aliphatic carbocycles. The third-order valence-corrected chi connectivity index (χ3v) is 3.83. The molecular weight excluding hydrogens is 294 g/mol. The smallest absolute Gasteiger partial charge is 0.222 e. The van der Waals surface area contributed by atoms with Crippen molar-refractivity contribution in [2.45, 2.75) is 19.8 Å². The van der Waals surface area contributed by atoms with Crippen LogP contribution in [0.3, 0.4) is 0 Å². The van der Waals surface area contributed by atoms with Gasteiger partial charge in [0.1, 0.15) is 18.1 Å². The molecule has 0 fully saturated rings. The summed E-state index contributed by atoms with van der Waals surface area (Å²) < 4.78 is 11.7. The monoisotopic (exact) mass is 315 g/mol. The molecule has 23 heavy (non-hydrogen) atoms. The van der Waals surface area contributed by atoms with Crippen molar-refractivity contribution in [3.8, 4) is 17.2 Å². The fourth-order valence-electron chi connectivity index (χ4n) is 2.53. The lowest BCUT2D eigenvalue weighted by molar-refractivity contribution is 0.309. The zero-order chi connectivity index (χ0) is 16.6. The fourth-order valence-corrected chi connectivity index (χ4v) is 2.53. The Kier molecular flexibility index (Phi) is 3.85. The predicted molar refractivity (Wildman–Crippen MR) is 90.2 cm³/mol. The molecule has 0 unspecified atom stereocenters. The topological polar surface area (TPSA) is 99.5 Å². The van der Waals surface area contributed by atoms with Crippen LogP contribution in [-0.2, 0) is 0 Å². The Labute approximate surface area is 135 Å². The highest BCUT2D eigenvalue weighted by Gasteiger charge is 2.21. The summed E-state index contributed by atoms with van der Waals surface area (Å²) in [6.45, 7) is 5.74. The molecule has 1 aliphatic rings. The number of nitrogens with zero attached hydrogens (tertiary/aromatic N) is 3. The molecule has 2 aromatic rings. The number of hydrogen-bond donors (Lipinski definition) is 2. The summed E-state index contributed by atoms with van der Waals surface area (Å²) in [5.41, 5.74) is 13.5. The minimum Gasteiger partial charge on any atom is -0.489 e. The first-order valence-electron chi connectivity index (χ1n) is 7.53. The van der Waals surface area contributed by atoms with Crippen molar-refractivity contribution in [2.24, 2.45) is 0 Å². The normalized spacial score (nSPS) is 13.7. The van der Waals surface area contributed by atoms with Crippen LogP contribution in [0.4, 0.5) is 17.5 Å². The molecule has 7 nitrogen and oxygen atoms in total. The lowest BCUT2D eigenvalue weighted by Crippen LogP contribution is -2.29. The summed E-state index contributed by atoms with van der Waals surface area (Å²) in [7, 11) is 2.05. The molecule has 3 rings (SSSR count). The molecular formula is C16H21N5O2. The van der Waals surface area contributed by atoms with Gasteiger partial charge in [0.25, 0.3) is 0 Å². The number of benzene rings is 1. The van der Waals surface area contributed by atoms with Crippen molar-refractivity contribution in [1.29, 1.82) is 0 Å². The number of nitrogens with two attached hydrogens (primary N) is 2. The quantitative estimate of drug-likeness (QED) is 0.897. The first-order valence-corrected chi connectivity index (χ1v) is 7.53. The molecule has 0 bridgehead atoms. The van der Waals surface area contributed by atoms with E-state index in [9.17, 15) is 0 Å². The van der Waals surface area contributed by atoms with Gasteiger partial charge >= 0.3 is 0 Å². The Morgan fingerprint density at radius 2 is 2.04 bits per heavy atom. The van der Waals surface area contributed by atoms with Gasteiger partial charge in [-0.1, -0.05) is 13.8 Å². The molecule has 0 spiro atoms. The van der Waals surface area contributed by atoms with Gasteiger partial charge in [0.2, 0.25) is 5.95 Å². The van der Waals surface area contributed by atoms with Crippen LogP contribution in [0.15, 0.2) is 18.3 Å². The van der Waals surface area contributed by atoms with Gasteiger partial charge in [0.05, 0.1) is 18.4 Å². The highest BCUT2D eigenvalue weighted by Crippen LogP contribution is 2.41. The maximum Gasteiger partial charge on any atom is 0.222 e. The Hall–Kier alpha value is -2.70. The molecule has 0 atom stereocenters. The zero-order valence-electron chi connectivity index (χ0n) is 13.5. The lowest BCUT2D eigenvalue weighted by Gasteiger charge is -2.29. The van der Waals surface area contributed by atoms with Crippen molar-refractivity contribution in [3.63, 3.8) is 0 Å². The van der Waals surface area contributed by atoms with E-state index in [2.05, 4.69) is 41.8 Å². The Morgan fingerprint density at radius 1 is 1.26 bits per heavy atom. The number of rotatable bonds is 3. The van der Waals surface area contributed by atoms with Gasteiger partial charge in [0, 0.05) is 13.1 Å². The second-order valence-electron chi connectivity index (χ2n) is 5.86. The van der Waals surface area contributed by atoms with Gasteiger partial charge in [-0.2, -0.15) is 4.98 Å². The van der Waals surface area contributed by atoms with E-state index in [0.717, 1.165) is 23.5 Å². The molecule has 0 saturated heterocycles. The third-order valence-electron chi connectivity index (χ3n) is 3.83. The van der Waals surface area contributed by atoms with Gasteiger partial charge in [-0.3, -0.25) is 0 Å². The molecule has 2 heterocycles. The highest BCUT2D eigenvalue weighted by molar-refractivity contribution is 5.65. The molecule has 0 amide bonds. The van der Waals surface area contributed by atoms with Crippen molar-refractivity contribution < 1.29 is 9.47 Å². The van der Waals surface area contributed by atoms with Gasteiger partial charge in [-0.05, 0) is 17.5 Å². The van der Waals surface area contributed by atoms with E-state index in [1.165, 1.54) is 6.20 Å². The minimum absolute atomic E-state index is 0.120. The summed E-state index contributed by atoms with van der Waals surface area (Å²) in [6.07, 6.45) is 1.48. The maximum absolute atomic E-state index is 5.95. The molecule has 122 valence electrons. The predicted octanol–water partition coefficient (Wildman–Crippen LogP) is 2.39. The lowest BCUT2D eigenvalue weighted by atomic mass is 10.00. The van der Waals surface area contributed by atoms with Gasteiger partial charge in [-0.15, -0.1) is 0 Å². The van der Waals surface area contributed by atoms with Crippen LogP contribution in [0.25, 0.3) is 0 Å². The van der Waals surface area contributed by atoms with E-state index in [1.807, 2.05) is 6.07 Å². The maximum atomic E-state index is 5.95. The molecule has 1 aliphatic heterocycles. The number of likely N-dealkylation sites (N-methyl/N-ethyl adjacent to an activating group) is 1. The molecule has 1 aromatic carbocycles. The largest absolute Gasteiger partial charge is 0.489 e. The summed E-state index contributed by atoms with van der Waals surface area (Å²) >= 11 is 0. The summed E-state index contributed by atoms with van der Waals surface area (Å²) in [6, 6.07) is 4.00. The Morgan fingerprint density at radius 3 is 2.74 bits per heavy atom. The van der Waals surface area contributed by atoms with Crippen LogP contribution >= 0.6 is 0 Å². The molecule has 0 saturated carbocycles. The van der Waals surface area contributed by atoms with Crippen LogP contribution in [0, 0.1) is 0 Å². The average Bonchev–Trinajstić information content (AvgIpc) is 2.49. The number of fused-ring (bicyclic) bond motifs is 1. The van der Waals surface area contributed by atoms with E-state index < -0.39 is 0 Å². The van der Waals surface area contributed by atoms with Gasteiger partial charge in [-0.25, -0.2) is 4.98 Å². The van der Waals surface area contributed by atoms with Crippen LogP contribution in [0.5, 0.6) is 17.2 Å². The van der Waals surface area contributed by atoms with Crippen molar-refractivity contribution in [1.82, 2.24) is 9.97 Å². The minimum atomic E-state index is 0.120. The SMILES string of the molecule is CC(C)c1cc2c(cc1Oc1cnc(N)nc1N)OCCN2C. The number of anilines is 3. The first kappa shape index (κ1) is 15.2. The number of nitrogen functional groups attached to an aromatic ring is 2. The second-order valence-corrected chi connectivity index (χ2v) is 5.86. The van der Waals surface area contributed by atoms with Crippen molar-refractivity contribution in [3.05, 3.63) is 23.9 Å². The summed E-state index contributed by atoms with van der Waals surface area (Å²) in [5.74, 6) is 2.48. The third kappa shape index (κ3) is 2.94. The van der Waals surface area contributed by atoms with E-state index in [-0.39, 0.29) is 17.7 Å². The zero-order valence-corrected chi connectivity index (χ0v) is 13.5. The standard InChI is InChI=1S/C16H21N5O2/c1-9(2)10-6-11-13(22-5-4-21(11)3)7-12(10)23-14-8-19-16(18)20-15(14)17/h6-9H,4-5H2,1-3H3,(H4,17,18,19,20). The van der Waals surface area contributed by atoms with Crippen LogP contribution in [0.2, 0.25) is 0 Å². The second kappa shape index (κ2) is 5.83. The number of aromatic nitrogens is 2. The van der Waals surface area contributed by atoms with Crippen LogP contribution in [-0.4, -0.2) is 30.2 Å². The van der Waals surface area contributed by atoms with Gasteiger partial charge < -0.3 is 25.8 Å². The molecule has 7 heteroatoms. The Balaban J connectivity index is 2.03. The summed E-state index contributed by atoms with van der Waals surface area (Å²) in [4.78, 5) is 10.0. The molecule has 1 aromatic heterocycles. The molecule has 4 N–H and O–H groups in total. The van der Waals surface area contributed by atoms with Crippen LogP contribution < -0.4 is 25.8 Å². The van der Waals surface area contributed by atoms with Crippen LogP contribution in [0.1, 0.15) is 25.3 Å². The van der Waals surface area contributed by atoms with E-state index in [0.29, 0.717) is 18.1 Å². The Bertz CT molecular complexity index is 733. The van der Waals surface area contributed by atoms with E-state index in [4.69, 9.17) is 20.9 Å². The first-order chi connectivity index (χ1) is 11.0. The van der Waals surface area contributed by atoms with E-state index >= 15 is 0 Å². The number of ether oxygens (including phenoxy) is 2. The fraction of sp³-hybridized carbons (Fsp3) is 0.375. The van der Waals surface area contributed by atoms with Gasteiger partial charge in [0.15, 0.2) is 11.6 Å². The summed E-state index contributed by atoms with van der Waals surface area (Å²) in [5, 5.41) is 0. The van der Waals surface area contributed by atoms with Crippen molar-refractivity contribution >= 4 is 17.5 Å². The van der Waals surface area contributed by atoms with Crippen molar-refractivity contribution in [2.75, 3.05) is 36.6 Å².